The van der Waals surface area contributed by atoms with Crippen LogP contribution < -0.4 is 11.5 Å². The summed E-state index contributed by atoms with van der Waals surface area (Å²) in [6.07, 6.45) is 1.50. The third-order valence-electron chi connectivity index (χ3n) is 2.34. The van der Waals surface area contributed by atoms with Crippen molar-refractivity contribution in [2.75, 3.05) is 0 Å². The van der Waals surface area contributed by atoms with E-state index in [0.717, 1.165) is 4.57 Å². The molecule has 1 heterocycles. The molecule has 1 aromatic heterocycles. The number of carboxylic acid groups (broad SMARTS) is 1. The molecular weight excluding hydrogens is 245 g/mol. The Labute approximate surface area is 102 Å². The number of allylic oxidation sites excluding steroid dienone is 2. The highest BCUT2D eigenvalue weighted by atomic mass is 19.1. The number of hydrogen-bond acceptors (Lipinski definition) is 5. The molecule has 1 aromatic rings. The summed E-state index contributed by atoms with van der Waals surface area (Å²) in [5, 5.41) is 11.9. The van der Waals surface area contributed by atoms with E-state index < -0.39 is 23.6 Å². The molecule has 0 aromatic carbocycles. The summed E-state index contributed by atoms with van der Waals surface area (Å²) >= 11 is 0. The highest BCUT2D eigenvalue weighted by molar-refractivity contribution is 5.72. The zero-order valence-corrected chi connectivity index (χ0v) is 9.80. The Bertz CT molecular complexity index is 505. The van der Waals surface area contributed by atoms with Crippen molar-refractivity contribution in [3.05, 3.63) is 28.3 Å². The van der Waals surface area contributed by atoms with Crippen molar-refractivity contribution >= 4 is 5.97 Å². The molecule has 3 N–H and O–H groups in total. The van der Waals surface area contributed by atoms with Gasteiger partial charge in [-0.3, -0.25) is 13.9 Å². The summed E-state index contributed by atoms with van der Waals surface area (Å²) in [7, 11) is 0. The van der Waals surface area contributed by atoms with Crippen molar-refractivity contribution in [1.82, 2.24) is 9.72 Å². The number of carbonyl (C=O) groups is 1. The molecule has 0 aliphatic heterocycles. The van der Waals surface area contributed by atoms with Crippen LogP contribution >= 0.6 is 0 Å². The second-order valence-electron chi connectivity index (χ2n) is 3.75. The van der Waals surface area contributed by atoms with Gasteiger partial charge in [0.25, 0.3) is 0 Å². The largest absolute Gasteiger partial charge is 0.480 e. The fourth-order valence-electron chi connectivity index (χ4n) is 1.27. The maximum atomic E-state index is 13.4. The minimum atomic E-state index is -1.13. The Morgan fingerprint density at radius 3 is 2.89 bits per heavy atom. The maximum Gasteiger partial charge on any atom is 0.441 e. The molecular formula is C10H14FN3O4. The van der Waals surface area contributed by atoms with Crippen LogP contribution in [0, 0.1) is 6.92 Å². The first-order chi connectivity index (χ1) is 8.41. The Kier molecular flexibility index (Phi) is 4.78. The Hall–Kier alpha value is -1.96. The van der Waals surface area contributed by atoms with Gasteiger partial charge in [0.1, 0.15) is 11.9 Å². The number of carboxylic acids is 1. The molecule has 1 rings (SSSR count). The fraction of sp³-hybridized carbons (Fsp3) is 0.500. The lowest BCUT2D eigenvalue weighted by molar-refractivity contribution is -0.138. The molecule has 0 bridgehead atoms. The van der Waals surface area contributed by atoms with Crippen molar-refractivity contribution in [1.29, 1.82) is 0 Å². The average Bonchev–Trinajstić information content (AvgIpc) is 2.60. The summed E-state index contributed by atoms with van der Waals surface area (Å²) < 4.78 is 18.8. The van der Waals surface area contributed by atoms with E-state index in [0.29, 0.717) is 0 Å². The normalized spacial score (nSPS) is 13.6. The number of aryl methyl sites for hydroxylation is 1. The molecule has 0 saturated carbocycles. The molecule has 18 heavy (non-hydrogen) atoms. The lowest BCUT2D eigenvalue weighted by atomic mass is 10.1. The summed E-state index contributed by atoms with van der Waals surface area (Å²) in [5.74, 6) is -2.17. The minimum Gasteiger partial charge on any atom is -0.480 e. The van der Waals surface area contributed by atoms with Crippen LogP contribution in [0.1, 0.15) is 18.7 Å². The first kappa shape index (κ1) is 14.1. The van der Waals surface area contributed by atoms with E-state index in [-0.39, 0.29) is 25.2 Å². The van der Waals surface area contributed by atoms with E-state index in [4.69, 9.17) is 10.8 Å². The SMILES string of the molecule is Cc1noc(=O)n1C/C(F)=C\CCC(N)C(=O)O. The topological polar surface area (TPSA) is 111 Å². The van der Waals surface area contributed by atoms with Gasteiger partial charge in [-0.15, -0.1) is 0 Å². The van der Waals surface area contributed by atoms with Gasteiger partial charge in [0, 0.05) is 0 Å². The summed E-state index contributed by atoms with van der Waals surface area (Å²) in [6.45, 7) is 1.23. The zero-order chi connectivity index (χ0) is 13.7. The second-order valence-corrected chi connectivity index (χ2v) is 3.75. The number of aromatic nitrogens is 2. The van der Waals surface area contributed by atoms with Crippen LogP contribution in [0.15, 0.2) is 21.2 Å². The third kappa shape index (κ3) is 3.81. The summed E-state index contributed by atoms with van der Waals surface area (Å²) in [5.41, 5.74) is 5.26. The van der Waals surface area contributed by atoms with Gasteiger partial charge in [0.15, 0.2) is 5.82 Å². The first-order valence-electron chi connectivity index (χ1n) is 5.28. The van der Waals surface area contributed by atoms with Crippen molar-refractivity contribution in [2.45, 2.75) is 32.4 Å². The lowest BCUT2D eigenvalue weighted by Gasteiger charge is -2.03. The van der Waals surface area contributed by atoms with Gasteiger partial charge < -0.3 is 10.8 Å². The van der Waals surface area contributed by atoms with E-state index in [1.165, 1.54) is 13.0 Å². The number of hydrogen-bond donors (Lipinski definition) is 2. The predicted molar refractivity (Wildman–Crippen MR) is 59.5 cm³/mol. The molecule has 0 aliphatic rings. The van der Waals surface area contributed by atoms with Crippen LogP contribution in [-0.4, -0.2) is 26.8 Å². The van der Waals surface area contributed by atoms with Crippen molar-refractivity contribution in [3.8, 4) is 0 Å². The van der Waals surface area contributed by atoms with Gasteiger partial charge in [-0.25, -0.2) is 9.18 Å². The van der Waals surface area contributed by atoms with Gasteiger partial charge in [-0.2, -0.15) is 0 Å². The zero-order valence-electron chi connectivity index (χ0n) is 9.80. The van der Waals surface area contributed by atoms with Gasteiger partial charge in [-0.1, -0.05) is 11.2 Å². The van der Waals surface area contributed by atoms with Crippen molar-refractivity contribution in [3.63, 3.8) is 0 Å². The van der Waals surface area contributed by atoms with Crippen LogP contribution in [0.25, 0.3) is 0 Å². The van der Waals surface area contributed by atoms with Crippen molar-refractivity contribution in [2.24, 2.45) is 5.73 Å². The molecule has 1 atom stereocenters. The van der Waals surface area contributed by atoms with Crippen LogP contribution in [0.2, 0.25) is 0 Å². The minimum absolute atomic E-state index is 0.125. The highest BCUT2D eigenvalue weighted by Crippen LogP contribution is 2.06. The predicted octanol–water partition coefficient (Wildman–Crippen LogP) is 0.190. The van der Waals surface area contributed by atoms with Crippen LogP contribution in [0.4, 0.5) is 4.39 Å². The van der Waals surface area contributed by atoms with E-state index in [1.807, 2.05) is 0 Å². The smallest absolute Gasteiger partial charge is 0.441 e. The molecule has 8 heteroatoms. The Balaban J connectivity index is 2.53. The van der Waals surface area contributed by atoms with E-state index in [2.05, 4.69) is 9.68 Å². The monoisotopic (exact) mass is 259 g/mol. The molecule has 7 nitrogen and oxygen atoms in total. The maximum absolute atomic E-state index is 13.4. The first-order valence-corrected chi connectivity index (χ1v) is 5.28. The van der Waals surface area contributed by atoms with Gasteiger partial charge in [0.2, 0.25) is 0 Å². The number of nitrogens with two attached hydrogens (primary N) is 1. The third-order valence-corrected chi connectivity index (χ3v) is 2.34. The highest BCUT2D eigenvalue weighted by Gasteiger charge is 2.11. The van der Waals surface area contributed by atoms with Crippen LogP contribution in [0.3, 0.4) is 0 Å². The second kappa shape index (κ2) is 6.10. The van der Waals surface area contributed by atoms with E-state index in [1.54, 1.807) is 0 Å². The molecule has 0 spiro atoms. The molecule has 0 aliphatic carbocycles. The van der Waals surface area contributed by atoms with E-state index >= 15 is 0 Å². The number of halogens is 1. The van der Waals surface area contributed by atoms with Gasteiger partial charge in [-0.05, 0) is 19.8 Å². The Morgan fingerprint density at radius 1 is 1.72 bits per heavy atom. The molecule has 0 saturated heterocycles. The number of nitrogens with zero attached hydrogens (tertiary/aromatic N) is 2. The van der Waals surface area contributed by atoms with Crippen LogP contribution in [-0.2, 0) is 11.3 Å². The quantitative estimate of drug-likeness (QED) is 0.754. The molecule has 0 radical (unpaired) electrons. The van der Waals surface area contributed by atoms with Gasteiger partial charge in [0.05, 0.1) is 6.54 Å². The summed E-state index contributed by atoms with van der Waals surface area (Å²) in [6, 6.07) is -1.02. The summed E-state index contributed by atoms with van der Waals surface area (Å²) in [4.78, 5) is 21.5. The molecule has 0 fully saturated rings. The lowest BCUT2D eigenvalue weighted by Crippen LogP contribution is -2.29. The van der Waals surface area contributed by atoms with Crippen molar-refractivity contribution < 1.29 is 18.8 Å². The number of rotatable bonds is 6. The number of aliphatic carboxylic acids is 1. The fourth-order valence-corrected chi connectivity index (χ4v) is 1.27. The molecule has 100 valence electrons. The average molecular weight is 259 g/mol. The van der Waals surface area contributed by atoms with Gasteiger partial charge >= 0.3 is 11.7 Å². The Morgan fingerprint density at radius 2 is 2.39 bits per heavy atom. The molecule has 0 amide bonds. The standard InChI is InChI=1S/C10H14FN3O4/c1-6-13-18-10(17)14(6)5-7(11)3-2-4-8(12)9(15)16/h3,8H,2,4-5,12H2,1H3,(H,15,16)/b7-3+. The molecule has 1 unspecified atom stereocenters. The van der Waals surface area contributed by atoms with Crippen LogP contribution in [0.5, 0.6) is 0 Å². The van der Waals surface area contributed by atoms with E-state index in [9.17, 15) is 14.0 Å².